The summed E-state index contributed by atoms with van der Waals surface area (Å²) in [5.41, 5.74) is 1.08. The minimum atomic E-state index is -2.39. The van der Waals surface area contributed by atoms with Crippen LogP contribution >= 0.6 is 11.3 Å². The normalized spacial score (nSPS) is 12.4. The van der Waals surface area contributed by atoms with Crippen LogP contribution in [0, 0.1) is 0 Å². The van der Waals surface area contributed by atoms with Crippen LogP contribution < -0.4 is 0 Å². The Morgan fingerprint density at radius 1 is 1.44 bits per heavy atom. The van der Waals surface area contributed by atoms with Crippen LogP contribution in [-0.4, -0.2) is 24.6 Å². The van der Waals surface area contributed by atoms with Gasteiger partial charge in [0.2, 0.25) is 0 Å². The fraction of sp³-hybridized carbons (Fsp3) is 0.727. The van der Waals surface area contributed by atoms with E-state index < -0.39 is 13.0 Å². The molecule has 1 heterocycles. The van der Waals surface area contributed by atoms with Crippen LogP contribution in [0.2, 0.25) is 0 Å². The first-order valence-corrected chi connectivity index (χ1v) is 6.08. The zero-order chi connectivity index (χ0) is 12.2. The van der Waals surface area contributed by atoms with Gasteiger partial charge in [-0.3, -0.25) is 0 Å². The molecule has 92 valence electrons. The highest BCUT2D eigenvalue weighted by molar-refractivity contribution is 7.09. The molecule has 1 rings (SSSR count). The third-order valence-electron chi connectivity index (χ3n) is 2.02. The number of nitrogens with zero attached hydrogens (tertiary/aromatic N) is 1. The highest BCUT2D eigenvalue weighted by atomic mass is 32.1. The molecule has 16 heavy (non-hydrogen) atoms. The third kappa shape index (κ3) is 4.53. The largest absolute Gasteiger partial charge is 0.375 e. The molecule has 1 aromatic rings. The maximum atomic E-state index is 11.8. The molecule has 5 heteroatoms. The van der Waals surface area contributed by atoms with Gasteiger partial charge in [0.05, 0.1) is 17.3 Å². The summed E-state index contributed by atoms with van der Waals surface area (Å²) in [5, 5.41) is 2.96. The van der Waals surface area contributed by atoms with E-state index in [1.165, 1.54) is 0 Å². The Morgan fingerprint density at radius 3 is 2.62 bits per heavy atom. The van der Waals surface area contributed by atoms with E-state index in [1.54, 1.807) is 11.3 Å². The molecule has 0 fully saturated rings. The molecule has 0 spiro atoms. The van der Waals surface area contributed by atoms with Crippen LogP contribution in [0.4, 0.5) is 8.78 Å². The van der Waals surface area contributed by atoms with Gasteiger partial charge in [-0.25, -0.2) is 13.8 Å². The van der Waals surface area contributed by atoms with Crippen molar-refractivity contribution in [3.8, 4) is 0 Å². The SMILES string of the molecule is CC(C)(C)c1csc(CCOCC(F)F)n1. The van der Waals surface area contributed by atoms with Crippen molar-refractivity contribution in [2.24, 2.45) is 0 Å². The maximum absolute atomic E-state index is 11.8. The van der Waals surface area contributed by atoms with Gasteiger partial charge in [0.25, 0.3) is 6.43 Å². The molecule has 0 bridgehead atoms. The summed E-state index contributed by atoms with van der Waals surface area (Å²) < 4.78 is 28.4. The number of hydrogen-bond acceptors (Lipinski definition) is 3. The molecule has 0 N–H and O–H groups in total. The molecule has 0 aliphatic carbocycles. The van der Waals surface area contributed by atoms with E-state index in [2.05, 4.69) is 25.8 Å². The zero-order valence-electron chi connectivity index (χ0n) is 9.80. The Bertz CT molecular complexity index is 320. The zero-order valence-corrected chi connectivity index (χ0v) is 10.6. The van der Waals surface area contributed by atoms with Gasteiger partial charge in [-0.15, -0.1) is 11.3 Å². The molecule has 0 aliphatic rings. The summed E-state index contributed by atoms with van der Waals surface area (Å²) >= 11 is 1.56. The summed E-state index contributed by atoms with van der Waals surface area (Å²) in [6, 6.07) is 0. The van der Waals surface area contributed by atoms with Crippen LogP contribution in [0.25, 0.3) is 0 Å². The van der Waals surface area contributed by atoms with E-state index >= 15 is 0 Å². The molecule has 1 aromatic heterocycles. The third-order valence-corrected chi connectivity index (χ3v) is 2.93. The minimum absolute atomic E-state index is 0.0403. The lowest BCUT2D eigenvalue weighted by Crippen LogP contribution is -2.12. The Labute approximate surface area is 98.7 Å². The Kier molecular flexibility index (Phi) is 4.80. The second kappa shape index (κ2) is 5.68. The van der Waals surface area contributed by atoms with Crippen molar-refractivity contribution in [3.63, 3.8) is 0 Å². The highest BCUT2D eigenvalue weighted by Gasteiger charge is 2.17. The number of rotatable bonds is 5. The smallest absolute Gasteiger partial charge is 0.261 e. The van der Waals surface area contributed by atoms with Crippen molar-refractivity contribution in [2.45, 2.75) is 39.0 Å². The predicted octanol–water partition coefficient (Wildman–Crippen LogP) is 3.26. The summed E-state index contributed by atoms with van der Waals surface area (Å²) in [6.45, 7) is 6.11. The average molecular weight is 249 g/mol. The summed E-state index contributed by atoms with van der Waals surface area (Å²) in [5.74, 6) is 0. The second-order valence-corrected chi connectivity index (χ2v) is 5.54. The van der Waals surface area contributed by atoms with E-state index in [-0.39, 0.29) is 5.41 Å². The maximum Gasteiger partial charge on any atom is 0.261 e. The van der Waals surface area contributed by atoms with Crippen LogP contribution in [-0.2, 0) is 16.6 Å². The van der Waals surface area contributed by atoms with E-state index in [1.807, 2.05) is 5.38 Å². The molecule has 0 aromatic carbocycles. The standard InChI is InChI=1S/C11H17F2NOS/c1-11(2,3)8-7-16-10(14-8)4-5-15-6-9(12)13/h7,9H,4-6H2,1-3H3. The number of ether oxygens (including phenoxy) is 1. The van der Waals surface area contributed by atoms with Gasteiger partial charge in [0.15, 0.2) is 0 Å². The Hall–Kier alpha value is -0.550. The van der Waals surface area contributed by atoms with Gasteiger partial charge in [-0.1, -0.05) is 20.8 Å². The van der Waals surface area contributed by atoms with Gasteiger partial charge < -0.3 is 4.74 Å². The molecule has 2 nitrogen and oxygen atoms in total. The number of alkyl halides is 2. The molecule has 0 aliphatic heterocycles. The van der Waals surface area contributed by atoms with Gasteiger partial charge in [-0.2, -0.15) is 0 Å². The topological polar surface area (TPSA) is 22.1 Å². The monoisotopic (exact) mass is 249 g/mol. The van der Waals surface area contributed by atoms with Crippen molar-refractivity contribution in [2.75, 3.05) is 13.2 Å². The number of halogens is 2. The minimum Gasteiger partial charge on any atom is -0.375 e. The Morgan fingerprint density at radius 2 is 2.12 bits per heavy atom. The first-order chi connectivity index (χ1) is 7.39. The van der Waals surface area contributed by atoms with Gasteiger partial charge >= 0.3 is 0 Å². The summed E-state index contributed by atoms with van der Waals surface area (Å²) in [6.07, 6.45) is -1.78. The van der Waals surface area contributed by atoms with Crippen LogP contribution in [0.5, 0.6) is 0 Å². The van der Waals surface area contributed by atoms with Crippen LogP contribution in [0.3, 0.4) is 0 Å². The van der Waals surface area contributed by atoms with Crippen molar-refractivity contribution in [1.29, 1.82) is 0 Å². The van der Waals surface area contributed by atoms with E-state index in [4.69, 9.17) is 4.74 Å². The van der Waals surface area contributed by atoms with Gasteiger partial charge in [0, 0.05) is 17.2 Å². The second-order valence-electron chi connectivity index (χ2n) is 4.59. The fourth-order valence-corrected chi connectivity index (χ4v) is 2.11. The lowest BCUT2D eigenvalue weighted by Gasteiger charge is -2.14. The van der Waals surface area contributed by atoms with Crippen molar-refractivity contribution < 1.29 is 13.5 Å². The molecule has 0 radical (unpaired) electrons. The van der Waals surface area contributed by atoms with E-state index in [0.717, 1.165) is 10.7 Å². The predicted molar refractivity (Wildman–Crippen MR) is 61.3 cm³/mol. The lowest BCUT2D eigenvalue weighted by molar-refractivity contribution is 0.0187. The van der Waals surface area contributed by atoms with Crippen LogP contribution in [0.1, 0.15) is 31.5 Å². The van der Waals surface area contributed by atoms with Crippen molar-refractivity contribution >= 4 is 11.3 Å². The van der Waals surface area contributed by atoms with E-state index in [0.29, 0.717) is 13.0 Å². The first kappa shape index (κ1) is 13.5. The fourth-order valence-electron chi connectivity index (χ4n) is 1.10. The molecule has 0 unspecified atom stereocenters. The summed E-state index contributed by atoms with van der Waals surface area (Å²) in [7, 11) is 0. The molecular weight excluding hydrogens is 232 g/mol. The van der Waals surface area contributed by atoms with Gasteiger partial charge in [0.1, 0.15) is 6.61 Å². The first-order valence-electron chi connectivity index (χ1n) is 5.20. The molecule has 0 saturated carbocycles. The number of hydrogen-bond donors (Lipinski definition) is 0. The number of thiazole rings is 1. The summed E-state index contributed by atoms with van der Waals surface area (Å²) in [4.78, 5) is 4.45. The van der Waals surface area contributed by atoms with Gasteiger partial charge in [-0.05, 0) is 0 Å². The average Bonchev–Trinajstić information content (AvgIpc) is 2.59. The van der Waals surface area contributed by atoms with Crippen molar-refractivity contribution in [1.82, 2.24) is 4.98 Å². The quantitative estimate of drug-likeness (QED) is 0.747. The number of aromatic nitrogens is 1. The van der Waals surface area contributed by atoms with E-state index in [9.17, 15) is 8.78 Å². The van der Waals surface area contributed by atoms with Crippen LogP contribution in [0.15, 0.2) is 5.38 Å². The van der Waals surface area contributed by atoms with Crippen molar-refractivity contribution in [3.05, 3.63) is 16.1 Å². The molecule has 0 amide bonds. The highest BCUT2D eigenvalue weighted by Crippen LogP contribution is 2.23. The molecule has 0 atom stereocenters. The Balaban J connectivity index is 2.36. The lowest BCUT2D eigenvalue weighted by atomic mass is 9.93. The molecule has 0 saturated heterocycles. The molecular formula is C11H17F2NOS.